The summed E-state index contributed by atoms with van der Waals surface area (Å²) in [4.78, 5) is 17.0. The van der Waals surface area contributed by atoms with Crippen LogP contribution in [0.1, 0.15) is 23.5 Å². The Balaban J connectivity index is 1.90. The Labute approximate surface area is 159 Å². The van der Waals surface area contributed by atoms with Crippen LogP contribution in [-0.4, -0.2) is 28.6 Å². The third-order valence-electron chi connectivity index (χ3n) is 4.90. The summed E-state index contributed by atoms with van der Waals surface area (Å²) in [6.45, 7) is -0.0823. The second kappa shape index (κ2) is 6.11. The molecule has 0 unspecified atom stereocenters. The Bertz CT molecular complexity index is 856. The first-order valence-electron chi connectivity index (χ1n) is 7.77. The predicted octanol–water partition coefficient (Wildman–Crippen LogP) is 3.33. The average molecular weight is 399 g/mol. The SMILES string of the molecule is O=C1Nc2cc(Cl)ccc2[C@]12N[C@@H](CO)C[C@@H]2c1cc(Cl)nc(Cl)c1. The van der Waals surface area contributed by atoms with E-state index in [1.54, 1.807) is 24.3 Å². The first-order chi connectivity index (χ1) is 11.9. The van der Waals surface area contributed by atoms with E-state index < -0.39 is 5.54 Å². The minimum atomic E-state index is -1.01. The van der Waals surface area contributed by atoms with Crippen molar-refractivity contribution in [3.05, 3.63) is 56.8 Å². The van der Waals surface area contributed by atoms with Crippen molar-refractivity contribution in [2.45, 2.75) is 23.9 Å². The van der Waals surface area contributed by atoms with Crippen molar-refractivity contribution in [3.63, 3.8) is 0 Å². The quantitative estimate of drug-likeness (QED) is 0.678. The van der Waals surface area contributed by atoms with E-state index in [0.717, 1.165) is 11.1 Å². The molecule has 4 rings (SSSR count). The molecule has 1 spiro atoms. The number of anilines is 1. The van der Waals surface area contributed by atoms with Crippen LogP contribution in [0.5, 0.6) is 0 Å². The fourth-order valence-electron chi connectivity index (χ4n) is 3.93. The summed E-state index contributed by atoms with van der Waals surface area (Å²) >= 11 is 18.2. The Morgan fingerprint density at radius 1 is 1.20 bits per heavy atom. The molecule has 3 N–H and O–H groups in total. The number of aliphatic hydroxyl groups excluding tert-OH is 1. The van der Waals surface area contributed by atoms with Gasteiger partial charge < -0.3 is 10.4 Å². The maximum Gasteiger partial charge on any atom is 0.250 e. The molecule has 1 aromatic carbocycles. The van der Waals surface area contributed by atoms with Crippen LogP contribution < -0.4 is 10.6 Å². The molecule has 2 aromatic rings. The van der Waals surface area contributed by atoms with Crippen molar-refractivity contribution in [3.8, 4) is 0 Å². The molecule has 0 radical (unpaired) electrons. The number of hydrogen-bond acceptors (Lipinski definition) is 4. The summed E-state index contributed by atoms with van der Waals surface area (Å²) in [5, 5.41) is 17.0. The predicted molar refractivity (Wildman–Crippen MR) is 97.4 cm³/mol. The first-order valence-corrected chi connectivity index (χ1v) is 8.90. The number of nitrogens with zero attached hydrogens (tertiary/aromatic N) is 1. The minimum Gasteiger partial charge on any atom is -0.395 e. The molecule has 1 amide bonds. The number of aliphatic hydroxyl groups is 1. The van der Waals surface area contributed by atoms with E-state index in [9.17, 15) is 9.90 Å². The molecule has 1 saturated heterocycles. The lowest BCUT2D eigenvalue weighted by Crippen LogP contribution is -2.49. The number of fused-ring (bicyclic) bond motifs is 2. The van der Waals surface area contributed by atoms with E-state index in [-0.39, 0.29) is 34.8 Å². The van der Waals surface area contributed by atoms with Gasteiger partial charge in [-0.25, -0.2) is 4.98 Å². The average Bonchev–Trinajstić information content (AvgIpc) is 3.06. The molecule has 1 aromatic heterocycles. The van der Waals surface area contributed by atoms with Gasteiger partial charge in [0.15, 0.2) is 0 Å². The number of aromatic nitrogens is 1. The highest BCUT2D eigenvalue weighted by Gasteiger charge is 2.58. The fourth-order valence-corrected chi connectivity index (χ4v) is 4.58. The van der Waals surface area contributed by atoms with Gasteiger partial charge in [-0.1, -0.05) is 40.9 Å². The number of rotatable bonds is 2. The fraction of sp³-hybridized carbons (Fsp3) is 0.294. The summed E-state index contributed by atoms with van der Waals surface area (Å²) < 4.78 is 0. The minimum absolute atomic E-state index is 0.0823. The topological polar surface area (TPSA) is 74.2 Å². The molecule has 0 saturated carbocycles. The Hall–Kier alpha value is -1.37. The lowest BCUT2D eigenvalue weighted by atomic mass is 9.76. The molecule has 130 valence electrons. The third kappa shape index (κ3) is 2.62. The number of hydrogen-bond donors (Lipinski definition) is 3. The van der Waals surface area contributed by atoms with E-state index >= 15 is 0 Å². The molecule has 0 bridgehead atoms. The van der Waals surface area contributed by atoms with Crippen LogP contribution in [0.25, 0.3) is 0 Å². The lowest BCUT2D eigenvalue weighted by molar-refractivity contribution is -0.122. The number of carbonyl (C=O) groups excluding carboxylic acids is 1. The maximum absolute atomic E-state index is 13.0. The van der Waals surface area contributed by atoms with Crippen molar-refractivity contribution < 1.29 is 9.90 Å². The summed E-state index contributed by atoms with van der Waals surface area (Å²) in [6, 6.07) is 8.49. The normalized spacial score (nSPS) is 27.6. The molecular weight excluding hydrogens is 385 g/mol. The monoisotopic (exact) mass is 397 g/mol. The van der Waals surface area contributed by atoms with E-state index in [4.69, 9.17) is 34.8 Å². The van der Waals surface area contributed by atoms with Crippen LogP contribution in [0.3, 0.4) is 0 Å². The van der Waals surface area contributed by atoms with Gasteiger partial charge in [-0.05, 0) is 36.2 Å². The number of carbonyl (C=O) groups is 1. The van der Waals surface area contributed by atoms with Crippen LogP contribution in [0.2, 0.25) is 15.3 Å². The summed E-state index contributed by atoms with van der Waals surface area (Å²) in [6.07, 6.45) is 0.558. The second-order valence-electron chi connectivity index (χ2n) is 6.31. The molecule has 25 heavy (non-hydrogen) atoms. The van der Waals surface area contributed by atoms with E-state index in [0.29, 0.717) is 17.1 Å². The molecule has 3 heterocycles. The second-order valence-corrected chi connectivity index (χ2v) is 7.52. The molecule has 2 aliphatic heterocycles. The zero-order valence-corrected chi connectivity index (χ0v) is 15.2. The molecule has 1 fully saturated rings. The molecule has 2 aliphatic rings. The summed E-state index contributed by atoms with van der Waals surface area (Å²) in [5.41, 5.74) is 1.25. The third-order valence-corrected chi connectivity index (χ3v) is 5.52. The van der Waals surface area contributed by atoms with Crippen molar-refractivity contribution in [1.82, 2.24) is 10.3 Å². The van der Waals surface area contributed by atoms with Gasteiger partial charge in [-0.15, -0.1) is 0 Å². The van der Waals surface area contributed by atoms with Gasteiger partial charge in [0.25, 0.3) is 0 Å². The van der Waals surface area contributed by atoms with Crippen LogP contribution in [0, 0.1) is 0 Å². The number of amides is 1. The summed E-state index contributed by atoms with van der Waals surface area (Å²) in [5.74, 6) is -0.445. The van der Waals surface area contributed by atoms with Gasteiger partial charge in [0.05, 0.1) is 6.61 Å². The van der Waals surface area contributed by atoms with Crippen LogP contribution >= 0.6 is 34.8 Å². The number of benzene rings is 1. The van der Waals surface area contributed by atoms with Crippen molar-refractivity contribution in [2.24, 2.45) is 0 Å². The zero-order valence-electron chi connectivity index (χ0n) is 12.9. The zero-order chi connectivity index (χ0) is 17.8. The van der Waals surface area contributed by atoms with E-state index in [1.807, 2.05) is 6.07 Å². The molecule has 0 aliphatic carbocycles. The van der Waals surface area contributed by atoms with Crippen molar-refractivity contribution in [2.75, 3.05) is 11.9 Å². The summed E-state index contributed by atoms with van der Waals surface area (Å²) in [7, 11) is 0. The van der Waals surface area contributed by atoms with Gasteiger partial charge >= 0.3 is 0 Å². The highest BCUT2D eigenvalue weighted by Crippen LogP contribution is 2.52. The van der Waals surface area contributed by atoms with Gasteiger partial charge in [0.2, 0.25) is 5.91 Å². The number of nitrogens with one attached hydrogen (secondary N) is 2. The van der Waals surface area contributed by atoms with Crippen LogP contribution in [0.15, 0.2) is 30.3 Å². The molecule has 5 nitrogen and oxygen atoms in total. The van der Waals surface area contributed by atoms with E-state index in [2.05, 4.69) is 15.6 Å². The highest BCUT2D eigenvalue weighted by molar-refractivity contribution is 6.32. The van der Waals surface area contributed by atoms with Gasteiger partial charge in [-0.2, -0.15) is 0 Å². The Morgan fingerprint density at radius 3 is 2.60 bits per heavy atom. The van der Waals surface area contributed by atoms with Crippen molar-refractivity contribution in [1.29, 1.82) is 0 Å². The molecular formula is C17H14Cl3N3O2. The van der Waals surface area contributed by atoms with E-state index in [1.165, 1.54) is 0 Å². The Kier molecular flexibility index (Phi) is 4.17. The molecule has 8 heteroatoms. The Morgan fingerprint density at radius 2 is 1.92 bits per heavy atom. The maximum atomic E-state index is 13.0. The van der Waals surface area contributed by atoms with Gasteiger partial charge in [-0.3, -0.25) is 10.1 Å². The largest absolute Gasteiger partial charge is 0.395 e. The standard InChI is InChI=1S/C17H14Cl3N3O2/c18-9-1-2-11-13(5-9)21-16(25)17(11)12(6-10(7-24)23-17)8-3-14(19)22-15(20)4-8/h1-5,10,12,23-24H,6-7H2,(H,21,25)/t10-,12-,17-/m1/s1. The smallest absolute Gasteiger partial charge is 0.250 e. The lowest BCUT2D eigenvalue weighted by Gasteiger charge is -2.30. The van der Waals surface area contributed by atoms with Gasteiger partial charge in [0, 0.05) is 28.2 Å². The first kappa shape index (κ1) is 17.1. The van der Waals surface area contributed by atoms with Gasteiger partial charge in [0.1, 0.15) is 15.8 Å². The van der Waals surface area contributed by atoms with Crippen LogP contribution in [-0.2, 0) is 10.3 Å². The number of pyridine rings is 1. The molecule has 3 atom stereocenters. The van der Waals surface area contributed by atoms with Crippen molar-refractivity contribution >= 4 is 46.4 Å². The number of halogens is 3. The van der Waals surface area contributed by atoms with Crippen LogP contribution in [0.4, 0.5) is 5.69 Å². The highest BCUT2D eigenvalue weighted by atomic mass is 35.5.